The van der Waals surface area contributed by atoms with Crippen molar-refractivity contribution in [1.82, 2.24) is 9.97 Å². The first-order valence-corrected chi connectivity index (χ1v) is 8.96. The summed E-state index contributed by atoms with van der Waals surface area (Å²) in [5, 5.41) is 5.88. The van der Waals surface area contributed by atoms with E-state index in [0.717, 1.165) is 5.69 Å². The van der Waals surface area contributed by atoms with Crippen LogP contribution in [0.1, 0.15) is 6.92 Å². The minimum atomic E-state index is -0.749. The molecule has 2 heterocycles. The lowest BCUT2D eigenvalue weighted by molar-refractivity contribution is -0.122. The molecule has 8 heteroatoms. The molecule has 0 saturated heterocycles. The van der Waals surface area contributed by atoms with E-state index in [0.29, 0.717) is 26.6 Å². The number of rotatable bonds is 5. The van der Waals surface area contributed by atoms with Crippen LogP contribution in [0.3, 0.4) is 0 Å². The quantitative estimate of drug-likeness (QED) is 0.667. The van der Waals surface area contributed by atoms with Crippen LogP contribution in [-0.2, 0) is 4.79 Å². The SMILES string of the molecule is C[C@@H](Oc1ccc(Cl)cc1Cl)C(=O)Nc1nc(-c2ccccn2)cs1. The molecule has 2 aromatic heterocycles. The van der Waals surface area contributed by atoms with E-state index in [1.165, 1.54) is 11.3 Å². The Kier molecular flexibility index (Phi) is 5.53. The zero-order chi connectivity index (χ0) is 17.8. The molecular weight excluding hydrogens is 381 g/mol. The maximum atomic E-state index is 12.3. The summed E-state index contributed by atoms with van der Waals surface area (Å²) in [6.07, 6.45) is 0.944. The molecule has 1 N–H and O–H groups in total. The fourth-order valence-electron chi connectivity index (χ4n) is 1.98. The summed E-state index contributed by atoms with van der Waals surface area (Å²) in [6, 6.07) is 10.4. The van der Waals surface area contributed by atoms with E-state index >= 15 is 0 Å². The van der Waals surface area contributed by atoms with Crippen LogP contribution in [0.2, 0.25) is 10.0 Å². The summed E-state index contributed by atoms with van der Waals surface area (Å²) in [7, 11) is 0. The summed E-state index contributed by atoms with van der Waals surface area (Å²) in [5.41, 5.74) is 1.45. The largest absolute Gasteiger partial charge is 0.479 e. The minimum absolute atomic E-state index is 0.326. The number of benzene rings is 1. The highest BCUT2D eigenvalue weighted by atomic mass is 35.5. The molecule has 0 bridgehead atoms. The number of carbonyl (C=O) groups is 1. The molecular formula is C17H13Cl2N3O2S. The molecule has 128 valence electrons. The highest BCUT2D eigenvalue weighted by Crippen LogP contribution is 2.29. The van der Waals surface area contributed by atoms with Gasteiger partial charge in [-0.25, -0.2) is 4.98 Å². The Bertz CT molecular complexity index is 887. The highest BCUT2D eigenvalue weighted by Gasteiger charge is 2.18. The molecule has 0 unspecified atom stereocenters. The van der Waals surface area contributed by atoms with E-state index in [4.69, 9.17) is 27.9 Å². The van der Waals surface area contributed by atoms with Crippen molar-refractivity contribution in [3.63, 3.8) is 0 Å². The van der Waals surface area contributed by atoms with Gasteiger partial charge in [0.15, 0.2) is 11.2 Å². The van der Waals surface area contributed by atoms with Crippen LogP contribution in [0, 0.1) is 0 Å². The van der Waals surface area contributed by atoms with Gasteiger partial charge in [-0.3, -0.25) is 15.1 Å². The fraction of sp³-hybridized carbons (Fsp3) is 0.118. The maximum Gasteiger partial charge on any atom is 0.266 e. The number of carbonyl (C=O) groups excluding carboxylic acids is 1. The number of halogens is 2. The van der Waals surface area contributed by atoms with Crippen LogP contribution in [-0.4, -0.2) is 22.0 Å². The lowest BCUT2D eigenvalue weighted by Gasteiger charge is -2.14. The Balaban J connectivity index is 1.65. The van der Waals surface area contributed by atoms with Gasteiger partial charge in [-0.1, -0.05) is 29.3 Å². The van der Waals surface area contributed by atoms with Crippen LogP contribution in [0.5, 0.6) is 5.75 Å². The van der Waals surface area contributed by atoms with Gasteiger partial charge < -0.3 is 4.74 Å². The first-order valence-electron chi connectivity index (χ1n) is 7.32. The molecule has 25 heavy (non-hydrogen) atoms. The summed E-state index contributed by atoms with van der Waals surface area (Å²) in [4.78, 5) is 20.9. The second-order valence-electron chi connectivity index (χ2n) is 5.08. The third kappa shape index (κ3) is 4.48. The number of amides is 1. The molecule has 0 aliphatic rings. The van der Waals surface area contributed by atoms with Crippen molar-refractivity contribution >= 4 is 45.6 Å². The zero-order valence-corrected chi connectivity index (χ0v) is 15.4. The maximum absolute atomic E-state index is 12.3. The molecule has 0 fully saturated rings. The van der Waals surface area contributed by atoms with Crippen molar-refractivity contribution in [1.29, 1.82) is 0 Å². The number of nitrogens with zero attached hydrogens (tertiary/aromatic N) is 2. The van der Waals surface area contributed by atoms with Crippen LogP contribution in [0.15, 0.2) is 48.0 Å². The molecule has 3 aromatic rings. The van der Waals surface area contributed by atoms with Crippen molar-refractivity contribution in [3.05, 3.63) is 58.0 Å². The Morgan fingerprint density at radius 2 is 2.08 bits per heavy atom. The number of aromatic nitrogens is 2. The van der Waals surface area contributed by atoms with Gasteiger partial charge in [-0.05, 0) is 37.3 Å². The van der Waals surface area contributed by atoms with Gasteiger partial charge in [0, 0.05) is 16.6 Å². The van der Waals surface area contributed by atoms with Crippen molar-refractivity contribution in [2.45, 2.75) is 13.0 Å². The summed E-state index contributed by atoms with van der Waals surface area (Å²) < 4.78 is 5.59. The monoisotopic (exact) mass is 393 g/mol. The van der Waals surface area contributed by atoms with Gasteiger partial charge in [0.05, 0.1) is 10.7 Å². The zero-order valence-electron chi connectivity index (χ0n) is 13.1. The highest BCUT2D eigenvalue weighted by molar-refractivity contribution is 7.14. The molecule has 5 nitrogen and oxygen atoms in total. The van der Waals surface area contributed by atoms with E-state index in [1.807, 2.05) is 23.6 Å². The second kappa shape index (κ2) is 7.82. The van der Waals surface area contributed by atoms with Gasteiger partial charge in [-0.15, -0.1) is 11.3 Å². The Labute approximate surface area is 158 Å². The standard InChI is InChI=1S/C17H13Cl2N3O2S/c1-10(24-15-6-5-11(18)8-12(15)19)16(23)22-17-21-14(9-25-17)13-4-2-3-7-20-13/h2-10H,1H3,(H,21,22,23)/t10-/m1/s1. The van der Waals surface area contributed by atoms with E-state index < -0.39 is 6.10 Å². The van der Waals surface area contributed by atoms with Crippen molar-refractivity contribution in [3.8, 4) is 17.1 Å². The van der Waals surface area contributed by atoms with Gasteiger partial charge in [-0.2, -0.15) is 0 Å². The fourth-order valence-corrected chi connectivity index (χ4v) is 3.15. The molecule has 1 aromatic carbocycles. The Hall–Kier alpha value is -2.15. The van der Waals surface area contributed by atoms with E-state index in [2.05, 4.69) is 15.3 Å². The predicted octanol–water partition coefficient (Wildman–Crippen LogP) is 4.92. The van der Waals surface area contributed by atoms with Gasteiger partial charge in [0.1, 0.15) is 11.4 Å². The summed E-state index contributed by atoms with van der Waals surface area (Å²) in [5.74, 6) is 0.0648. The van der Waals surface area contributed by atoms with Crippen LogP contribution < -0.4 is 10.1 Å². The number of nitrogens with one attached hydrogen (secondary N) is 1. The number of thiazole rings is 1. The molecule has 3 rings (SSSR count). The van der Waals surface area contributed by atoms with Gasteiger partial charge >= 0.3 is 0 Å². The van der Waals surface area contributed by atoms with Crippen molar-refractivity contribution in [2.24, 2.45) is 0 Å². The molecule has 0 radical (unpaired) electrons. The number of anilines is 1. The number of pyridine rings is 1. The van der Waals surface area contributed by atoms with Crippen LogP contribution >= 0.6 is 34.5 Å². The van der Waals surface area contributed by atoms with Crippen LogP contribution in [0.25, 0.3) is 11.4 Å². The lowest BCUT2D eigenvalue weighted by Crippen LogP contribution is -2.30. The van der Waals surface area contributed by atoms with Gasteiger partial charge in [0.2, 0.25) is 0 Å². The van der Waals surface area contributed by atoms with E-state index in [-0.39, 0.29) is 5.91 Å². The second-order valence-corrected chi connectivity index (χ2v) is 6.78. The first kappa shape index (κ1) is 17.7. The van der Waals surface area contributed by atoms with Gasteiger partial charge in [0.25, 0.3) is 5.91 Å². The number of hydrogen-bond acceptors (Lipinski definition) is 5. The third-order valence-corrected chi connectivity index (χ3v) is 4.52. The predicted molar refractivity (Wildman–Crippen MR) is 101 cm³/mol. The van der Waals surface area contributed by atoms with Crippen LogP contribution in [0.4, 0.5) is 5.13 Å². The van der Waals surface area contributed by atoms with Crippen molar-refractivity contribution in [2.75, 3.05) is 5.32 Å². The average molecular weight is 394 g/mol. The van der Waals surface area contributed by atoms with Crippen molar-refractivity contribution < 1.29 is 9.53 Å². The first-order chi connectivity index (χ1) is 12.0. The van der Waals surface area contributed by atoms with E-state index in [9.17, 15) is 4.79 Å². The molecule has 1 amide bonds. The molecule has 0 aliphatic heterocycles. The average Bonchev–Trinajstić information content (AvgIpc) is 3.06. The molecule has 0 spiro atoms. The summed E-state index contributed by atoms with van der Waals surface area (Å²) >= 11 is 13.2. The minimum Gasteiger partial charge on any atom is -0.479 e. The molecule has 0 aliphatic carbocycles. The smallest absolute Gasteiger partial charge is 0.266 e. The topological polar surface area (TPSA) is 64.1 Å². The molecule has 0 saturated carbocycles. The number of hydrogen-bond donors (Lipinski definition) is 1. The lowest BCUT2D eigenvalue weighted by atomic mass is 10.3. The Morgan fingerprint density at radius 3 is 2.80 bits per heavy atom. The summed E-state index contributed by atoms with van der Waals surface area (Å²) in [6.45, 7) is 1.63. The molecule has 1 atom stereocenters. The Morgan fingerprint density at radius 1 is 1.24 bits per heavy atom. The third-order valence-electron chi connectivity index (χ3n) is 3.23. The normalized spacial score (nSPS) is 11.8. The van der Waals surface area contributed by atoms with E-state index in [1.54, 1.807) is 31.3 Å². The number of ether oxygens (including phenoxy) is 1.